The zero-order chi connectivity index (χ0) is 21.9. The van der Waals surface area contributed by atoms with Gasteiger partial charge in [-0.1, -0.05) is 24.3 Å². The van der Waals surface area contributed by atoms with Gasteiger partial charge in [-0.15, -0.1) is 11.3 Å². The van der Waals surface area contributed by atoms with Crippen LogP contribution in [0.2, 0.25) is 0 Å². The van der Waals surface area contributed by atoms with E-state index in [4.69, 9.17) is 0 Å². The van der Waals surface area contributed by atoms with E-state index in [-0.39, 0.29) is 16.6 Å². The van der Waals surface area contributed by atoms with Gasteiger partial charge >= 0.3 is 0 Å². The lowest BCUT2D eigenvalue weighted by Gasteiger charge is -2.09. The number of hydrogen-bond acceptors (Lipinski definition) is 5. The molecule has 0 saturated carbocycles. The topological polar surface area (TPSA) is 66.5 Å². The minimum absolute atomic E-state index is 0.177. The van der Waals surface area contributed by atoms with E-state index < -0.39 is 9.84 Å². The van der Waals surface area contributed by atoms with E-state index in [1.165, 1.54) is 23.5 Å². The summed E-state index contributed by atoms with van der Waals surface area (Å²) in [5.74, 6) is -0.514. The second-order valence-electron chi connectivity index (χ2n) is 7.22. The van der Waals surface area contributed by atoms with E-state index in [9.17, 15) is 17.6 Å². The zero-order valence-corrected chi connectivity index (χ0v) is 18.6. The number of nitrogens with zero attached hydrogens (tertiary/aromatic N) is 1. The molecule has 0 fully saturated rings. The highest BCUT2D eigenvalue weighted by molar-refractivity contribution is 7.90. The van der Waals surface area contributed by atoms with Crippen LogP contribution in [0.1, 0.15) is 9.67 Å². The van der Waals surface area contributed by atoms with E-state index in [0.717, 1.165) is 34.4 Å². The van der Waals surface area contributed by atoms with Crippen LogP contribution in [0.4, 0.5) is 4.39 Å². The molecule has 5 nitrogen and oxygen atoms in total. The number of likely N-dealkylation sites (N-methyl/N-ethyl adjacent to an activating group) is 1. The number of nitrogens with one attached hydrogen (secondary N) is 1. The summed E-state index contributed by atoms with van der Waals surface area (Å²) in [6, 6.07) is 14.4. The van der Waals surface area contributed by atoms with Crippen LogP contribution in [0.3, 0.4) is 0 Å². The van der Waals surface area contributed by atoms with Crippen molar-refractivity contribution in [3.05, 3.63) is 65.3 Å². The Kier molecular flexibility index (Phi) is 6.70. The van der Waals surface area contributed by atoms with Crippen LogP contribution in [0.5, 0.6) is 0 Å². The molecule has 0 spiro atoms. The molecule has 1 heterocycles. The molecule has 1 amide bonds. The SMILES string of the molecule is CN(C)CCNC(=O)c1cc(-c2ccc(S(C)(=O)=O)cc2)c(-c2ccc(F)cc2)s1. The number of rotatable bonds is 7. The highest BCUT2D eigenvalue weighted by Crippen LogP contribution is 2.39. The Labute approximate surface area is 180 Å². The van der Waals surface area contributed by atoms with E-state index in [1.54, 1.807) is 42.5 Å². The fourth-order valence-electron chi connectivity index (χ4n) is 2.89. The molecule has 0 radical (unpaired) electrons. The molecule has 0 aliphatic rings. The molecule has 158 valence electrons. The fourth-order valence-corrected chi connectivity index (χ4v) is 4.63. The first-order valence-electron chi connectivity index (χ1n) is 9.28. The molecule has 3 aromatic rings. The minimum atomic E-state index is -3.30. The first-order valence-corrected chi connectivity index (χ1v) is 12.0. The van der Waals surface area contributed by atoms with Crippen LogP contribution in [-0.2, 0) is 9.84 Å². The van der Waals surface area contributed by atoms with Gasteiger partial charge in [0.1, 0.15) is 5.82 Å². The molecule has 0 saturated heterocycles. The van der Waals surface area contributed by atoms with Crippen LogP contribution in [-0.4, -0.2) is 52.7 Å². The van der Waals surface area contributed by atoms with Gasteiger partial charge < -0.3 is 10.2 Å². The van der Waals surface area contributed by atoms with Crippen molar-refractivity contribution in [3.8, 4) is 21.6 Å². The van der Waals surface area contributed by atoms with Gasteiger partial charge in [0.05, 0.1) is 9.77 Å². The number of hydrogen-bond donors (Lipinski definition) is 1. The van der Waals surface area contributed by atoms with E-state index >= 15 is 0 Å². The molecular weight excluding hydrogens is 423 g/mol. The maximum Gasteiger partial charge on any atom is 0.261 e. The zero-order valence-electron chi connectivity index (χ0n) is 17.0. The summed E-state index contributed by atoms with van der Waals surface area (Å²) in [6.07, 6.45) is 1.16. The van der Waals surface area contributed by atoms with Crippen LogP contribution in [0, 0.1) is 5.82 Å². The normalized spacial score (nSPS) is 11.6. The summed E-state index contributed by atoms with van der Waals surface area (Å²) in [5, 5.41) is 2.90. The number of amides is 1. The Morgan fingerprint density at radius 1 is 1.03 bits per heavy atom. The summed E-state index contributed by atoms with van der Waals surface area (Å²) < 4.78 is 36.9. The first kappa shape index (κ1) is 22.1. The summed E-state index contributed by atoms with van der Waals surface area (Å²) in [7, 11) is 0.564. The first-order chi connectivity index (χ1) is 14.1. The Hall–Kier alpha value is -2.55. The van der Waals surface area contributed by atoms with Gasteiger partial charge in [-0.2, -0.15) is 0 Å². The van der Waals surface area contributed by atoms with Crippen molar-refractivity contribution in [2.24, 2.45) is 0 Å². The lowest BCUT2D eigenvalue weighted by molar-refractivity contribution is 0.0955. The highest BCUT2D eigenvalue weighted by Gasteiger charge is 2.18. The smallest absolute Gasteiger partial charge is 0.261 e. The van der Waals surface area contributed by atoms with Crippen molar-refractivity contribution in [2.45, 2.75) is 4.90 Å². The third-order valence-corrected chi connectivity index (χ3v) is 6.81. The summed E-state index contributed by atoms with van der Waals surface area (Å²) in [6.45, 7) is 1.25. The third kappa shape index (κ3) is 5.33. The van der Waals surface area contributed by atoms with E-state index in [2.05, 4.69) is 5.32 Å². The maximum absolute atomic E-state index is 13.4. The third-order valence-electron chi connectivity index (χ3n) is 4.50. The lowest BCUT2D eigenvalue weighted by atomic mass is 10.0. The molecule has 0 bridgehead atoms. The molecule has 8 heteroatoms. The number of benzene rings is 2. The minimum Gasteiger partial charge on any atom is -0.350 e. The molecule has 0 unspecified atom stereocenters. The van der Waals surface area contributed by atoms with Gasteiger partial charge in [-0.3, -0.25) is 4.79 Å². The average molecular weight is 447 g/mol. The predicted octanol–water partition coefficient (Wildman–Crippen LogP) is 3.92. The number of carbonyl (C=O) groups is 1. The van der Waals surface area contributed by atoms with Gasteiger partial charge in [-0.05, 0) is 55.6 Å². The highest BCUT2D eigenvalue weighted by atomic mass is 32.2. The van der Waals surface area contributed by atoms with Gasteiger partial charge in [-0.25, -0.2) is 12.8 Å². The number of sulfone groups is 1. The quantitative estimate of drug-likeness (QED) is 0.598. The molecule has 30 heavy (non-hydrogen) atoms. The van der Waals surface area contributed by atoms with Gasteiger partial charge in [0.2, 0.25) is 0 Å². The van der Waals surface area contributed by atoms with Crippen LogP contribution < -0.4 is 5.32 Å². The van der Waals surface area contributed by atoms with Crippen molar-refractivity contribution >= 4 is 27.1 Å². The number of thiophene rings is 1. The van der Waals surface area contributed by atoms with Crippen LogP contribution in [0.15, 0.2) is 59.5 Å². The Morgan fingerprint density at radius 3 is 2.20 bits per heavy atom. The predicted molar refractivity (Wildman–Crippen MR) is 119 cm³/mol. The standard InChI is InChI=1S/C22H23FN2O3S2/c1-25(2)13-12-24-22(26)20-14-19(15-6-10-18(11-7-15)30(3,27)28)21(29-20)16-4-8-17(23)9-5-16/h4-11,14H,12-13H2,1-3H3,(H,24,26). The summed E-state index contributed by atoms with van der Waals surface area (Å²) in [4.78, 5) is 16.2. The molecule has 0 aliphatic carbocycles. The Bertz CT molecular complexity index is 1140. The summed E-state index contributed by atoms with van der Waals surface area (Å²) in [5.41, 5.74) is 2.37. The van der Waals surface area contributed by atoms with Gasteiger partial charge in [0, 0.05) is 29.8 Å². The number of halogens is 1. The second kappa shape index (κ2) is 9.07. The molecule has 1 N–H and O–H groups in total. The van der Waals surface area contributed by atoms with Crippen molar-refractivity contribution in [3.63, 3.8) is 0 Å². The van der Waals surface area contributed by atoms with Crippen LogP contribution in [0.25, 0.3) is 21.6 Å². The molecule has 0 atom stereocenters. The monoisotopic (exact) mass is 446 g/mol. The molecule has 0 aliphatic heterocycles. The van der Waals surface area contributed by atoms with Gasteiger partial charge in [0.15, 0.2) is 9.84 Å². The summed E-state index contributed by atoms with van der Waals surface area (Å²) >= 11 is 1.32. The molecule has 1 aromatic heterocycles. The van der Waals surface area contributed by atoms with E-state index in [0.29, 0.717) is 11.4 Å². The van der Waals surface area contributed by atoms with Crippen molar-refractivity contribution in [2.75, 3.05) is 33.4 Å². The largest absolute Gasteiger partial charge is 0.350 e. The molecule has 3 rings (SSSR count). The maximum atomic E-state index is 13.4. The van der Waals surface area contributed by atoms with Crippen molar-refractivity contribution < 1.29 is 17.6 Å². The molecule has 2 aromatic carbocycles. The average Bonchev–Trinajstić information content (AvgIpc) is 3.13. The van der Waals surface area contributed by atoms with Gasteiger partial charge in [0.25, 0.3) is 5.91 Å². The molecular formula is C22H23FN2O3S2. The van der Waals surface area contributed by atoms with Crippen LogP contribution >= 0.6 is 11.3 Å². The fraction of sp³-hybridized carbons (Fsp3) is 0.227. The number of carbonyl (C=O) groups excluding carboxylic acids is 1. The van der Waals surface area contributed by atoms with Crippen molar-refractivity contribution in [1.29, 1.82) is 0 Å². The Balaban J connectivity index is 2.00. The Morgan fingerprint density at radius 2 is 1.63 bits per heavy atom. The lowest BCUT2D eigenvalue weighted by Crippen LogP contribution is -2.30. The van der Waals surface area contributed by atoms with Crippen molar-refractivity contribution in [1.82, 2.24) is 10.2 Å². The van der Waals surface area contributed by atoms with E-state index in [1.807, 2.05) is 19.0 Å². The second-order valence-corrected chi connectivity index (χ2v) is 10.3.